The molecule has 3 amide bonds. The van der Waals surface area contributed by atoms with Crippen LogP contribution in [0, 0.1) is 5.92 Å². The van der Waals surface area contributed by atoms with E-state index in [0.29, 0.717) is 25.8 Å². The molecule has 2 N–H and O–H groups in total. The van der Waals surface area contributed by atoms with Gasteiger partial charge in [0.05, 0.1) is 5.56 Å². The van der Waals surface area contributed by atoms with Crippen LogP contribution in [0.5, 0.6) is 0 Å². The number of hydrogen-bond acceptors (Lipinski definition) is 9. The maximum atomic E-state index is 13.5. The molecule has 260 valence electrons. The Bertz CT molecular complexity index is 1440. The maximum absolute atomic E-state index is 13.5. The molecule has 5 atom stereocenters. The third-order valence-corrected chi connectivity index (χ3v) is 8.01. The molecule has 2 aromatic carbocycles. The number of nitrogens with zero attached hydrogens (tertiary/aromatic N) is 2. The largest absolute Gasteiger partial charge is 0.595 e. The molecular formula is C36H47N4O8-. The van der Waals surface area contributed by atoms with Gasteiger partial charge in [0, 0.05) is 31.0 Å². The first-order valence-electron chi connectivity index (χ1n) is 16.4. The van der Waals surface area contributed by atoms with Crippen molar-refractivity contribution in [1.29, 1.82) is 0 Å². The van der Waals surface area contributed by atoms with E-state index in [1.807, 2.05) is 13.0 Å². The molecule has 1 fully saturated rings. The molecule has 0 aliphatic carbocycles. The van der Waals surface area contributed by atoms with E-state index in [4.69, 9.17) is 9.47 Å². The summed E-state index contributed by atoms with van der Waals surface area (Å²) in [4.78, 5) is 71.3. The van der Waals surface area contributed by atoms with Crippen LogP contribution in [0.1, 0.15) is 83.1 Å². The summed E-state index contributed by atoms with van der Waals surface area (Å²) >= 11 is 0. The van der Waals surface area contributed by atoms with Gasteiger partial charge in [-0.15, -0.1) is 0 Å². The Morgan fingerprint density at radius 2 is 1.60 bits per heavy atom. The number of hydrogen-bond donors (Lipinski definition) is 2. The summed E-state index contributed by atoms with van der Waals surface area (Å²) in [5, 5.41) is 17.8. The van der Waals surface area contributed by atoms with E-state index in [2.05, 4.69) is 15.6 Å². The predicted molar refractivity (Wildman–Crippen MR) is 177 cm³/mol. The highest BCUT2D eigenvalue weighted by atomic mass is 16.6. The molecule has 0 spiro atoms. The van der Waals surface area contributed by atoms with Gasteiger partial charge in [0.25, 0.3) is 0 Å². The van der Waals surface area contributed by atoms with Crippen molar-refractivity contribution in [1.82, 2.24) is 15.5 Å². The smallest absolute Gasteiger partial charge is 0.345 e. The molecule has 0 saturated carbocycles. The second-order valence-corrected chi connectivity index (χ2v) is 13.1. The number of likely N-dealkylation sites (tertiary alicyclic amines) is 1. The van der Waals surface area contributed by atoms with Crippen LogP contribution in [0.4, 0.5) is 0 Å². The van der Waals surface area contributed by atoms with Crippen LogP contribution in [0.15, 0.2) is 65.7 Å². The second kappa shape index (κ2) is 17.4. The number of amides is 3. The summed E-state index contributed by atoms with van der Waals surface area (Å²) in [5.41, 5.74) is 0.174. The minimum Gasteiger partial charge on any atom is -0.595 e. The Balaban J connectivity index is 1.67. The summed E-state index contributed by atoms with van der Waals surface area (Å²) < 4.78 is 10.4. The normalized spacial score (nSPS) is 17.4. The minimum atomic E-state index is -1.15. The summed E-state index contributed by atoms with van der Waals surface area (Å²) in [6, 6.07) is 13.5. The minimum absolute atomic E-state index is 0.0928. The van der Waals surface area contributed by atoms with Crippen LogP contribution in [0.2, 0.25) is 0 Å². The van der Waals surface area contributed by atoms with Crippen molar-refractivity contribution in [3.05, 3.63) is 71.8 Å². The molecule has 1 aliphatic rings. The van der Waals surface area contributed by atoms with Gasteiger partial charge in [0.2, 0.25) is 17.7 Å². The monoisotopic (exact) mass is 663 g/mol. The first kappa shape index (κ1) is 37.7. The number of esters is 2. The van der Waals surface area contributed by atoms with E-state index >= 15 is 0 Å². The van der Waals surface area contributed by atoms with Gasteiger partial charge < -0.3 is 30.1 Å². The molecule has 48 heavy (non-hydrogen) atoms. The summed E-state index contributed by atoms with van der Waals surface area (Å²) in [6.07, 6.45) is 0.899. The predicted octanol–water partition coefficient (Wildman–Crippen LogP) is 2.93. The molecule has 1 aliphatic heterocycles. The van der Waals surface area contributed by atoms with E-state index < -0.39 is 59.6 Å². The lowest BCUT2D eigenvalue weighted by Gasteiger charge is -2.31. The molecule has 0 radical (unpaired) electrons. The molecule has 12 heteroatoms. The quantitative estimate of drug-likeness (QED) is 0.143. The van der Waals surface area contributed by atoms with Crippen molar-refractivity contribution < 1.29 is 38.6 Å². The van der Waals surface area contributed by atoms with E-state index in [9.17, 15) is 29.1 Å². The van der Waals surface area contributed by atoms with Crippen molar-refractivity contribution in [2.45, 2.75) is 103 Å². The Labute approximate surface area is 282 Å². The molecular weight excluding hydrogens is 616 g/mol. The van der Waals surface area contributed by atoms with Gasteiger partial charge in [-0.1, -0.05) is 89.6 Å². The zero-order chi connectivity index (χ0) is 35.4. The average Bonchev–Trinajstić information content (AvgIpc) is 3.50. The van der Waals surface area contributed by atoms with Gasteiger partial charge >= 0.3 is 11.9 Å². The first-order valence-corrected chi connectivity index (χ1v) is 16.4. The van der Waals surface area contributed by atoms with Gasteiger partial charge in [0.1, 0.15) is 24.2 Å². The van der Waals surface area contributed by atoms with Crippen molar-refractivity contribution in [3.63, 3.8) is 0 Å². The summed E-state index contributed by atoms with van der Waals surface area (Å²) in [7, 11) is 0. The van der Waals surface area contributed by atoms with Crippen LogP contribution < -0.4 is 15.7 Å². The molecule has 2 unspecified atom stereocenters. The van der Waals surface area contributed by atoms with Crippen molar-refractivity contribution in [2.75, 3.05) is 6.54 Å². The summed E-state index contributed by atoms with van der Waals surface area (Å²) in [5.74, 6) is -3.46. The fourth-order valence-electron chi connectivity index (χ4n) is 5.32. The Morgan fingerprint density at radius 1 is 0.979 bits per heavy atom. The zero-order valence-electron chi connectivity index (χ0n) is 28.6. The number of nitrogens with one attached hydrogen (secondary N) is 2. The van der Waals surface area contributed by atoms with Crippen LogP contribution in [-0.2, 0) is 35.1 Å². The Hall–Kier alpha value is -4.74. The Kier molecular flexibility index (Phi) is 13.7. The fourth-order valence-corrected chi connectivity index (χ4v) is 5.32. The lowest BCUT2D eigenvalue weighted by Crippen LogP contribution is -2.52. The van der Waals surface area contributed by atoms with Crippen LogP contribution in [0.25, 0.3) is 0 Å². The number of carbonyl (C=O) groups excluding carboxylic acids is 5. The van der Waals surface area contributed by atoms with E-state index in [1.54, 1.807) is 82.0 Å². The number of ether oxygens (including phenoxy) is 2. The highest BCUT2D eigenvalue weighted by Crippen LogP contribution is 2.22. The van der Waals surface area contributed by atoms with Crippen molar-refractivity contribution in [2.24, 2.45) is 10.9 Å². The van der Waals surface area contributed by atoms with Gasteiger partial charge in [-0.2, -0.15) is 0 Å². The maximum Gasteiger partial charge on any atom is 0.345 e. The van der Waals surface area contributed by atoms with Gasteiger partial charge in [-0.3, -0.25) is 19.4 Å². The highest BCUT2D eigenvalue weighted by molar-refractivity contribution is 5.99. The van der Waals surface area contributed by atoms with Crippen molar-refractivity contribution >= 4 is 35.7 Å². The van der Waals surface area contributed by atoms with Crippen molar-refractivity contribution in [3.8, 4) is 0 Å². The van der Waals surface area contributed by atoms with E-state index in [-0.39, 0.29) is 30.2 Å². The molecule has 3 rings (SSSR count). The standard InChI is InChI=1S/C36H48N4O8/c1-7-23(2)30(39-35(46)48-36(4,5)6)31(42)37-24(3)32(43)40-20-14-19-27(40)22-29(41)38-28(21-25-15-10-8-11-16-25)34(45)47-33(44)26-17-12-9-13-18-26/h8-13,15-18,23-24,27-28,30H,7,14,19-22H2,1-6H3,(H,37,42)(H,38,41)(H,39,46)/p-1/t23-,24-,27?,28-,30?/m0/s1. The van der Waals surface area contributed by atoms with E-state index in [0.717, 1.165) is 5.56 Å². The lowest BCUT2D eigenvalue weighted by molar-refractivity contribution is -0.261. The van der Waals surface area contributed by atoms with Gasteiger partial charge in [-0.25, -0.2) is 9.59 Å². The van der Waals surface area contributed by atoms with E-state index in [1.165, 1.54) is 12.1 Å². The lowest BCUT2D eigenvalue weighted by atomic mass is 9.98. The number of rotatable bonds is 13. The number of carbonyl (C=O) groups is 5. The number of benzene rings is 2. The topological polar surface area (TPSA) is 167 Å². The molecule has 1 saturated heterocycles. The Morgan fingerprint density at radius 3 is 2.21 bits per heavy atom. The summed E-state index contributed by atoms with van der Waals surface area (Å²) in [6.45, 7) is 10.7. The first-order chi connectivity index (χ1) is 22.7. The molecule has 1 heterocycles. The van der Waals surface area contributed by atoms with Gasteiger partial charge in [-0.05, 0) is 43.4 Å². The molecule has 2 aromatic rings. The molecule has 0 bridgehead atoms. The van der Waals surface area contributed by atoms with Crippen LogP contribution in [-0.4, -0.2) is 77.0 Å². The number of aliphatic imine (C=N–C) groups is 1. The SMILES string of the molecule is CC[C@H](C)C(N=C([O-])OC(C)(C)C)C(=O)N[C@@H](C)C(=O)N1CCCC1CC(=O)N[C@@H](Cc1ccccc1)C(=O)OC(=O)c1ccccc1. The highest BCUT2D eigenvalue weighted by Gasteiger charge is 2.36. The third-order valence-electron chi connectivity index (χ3n) is 8.01. The molecule has 12 nitrogen and oxygen atoms in total. The second-order valence-electron chi connectivity index (χ2n) is 13.1. The van der Waals surface area contributed by atoms with Gasteiger partial charge in [0.15, 0.2) is 0 Å². The molecule has 0 aromatic heterocycles. The average molecular weight is 664 g/mol. The van der Waals surface area contributed by atoms with Crippen LogP contribution in [0.3, 0.4) is 0 Å². The zero-order valence-corrected chi connectivity index (χ0v) is 28.6. The van der Waals surface area contributed by atoms with Crippen LogP contribution >= 0.6 is 0 Å². The third kappa shape index (κ3) is 11.5. The fraction of sp³-hybridized carbons (Fsp3) is 0.500.